The molecule has 2 fully saturated rings. The Hall–Kier alpha value is -3.16. The Labute approximate surface area is 206 Å². The summed E-state index contributed by atoms with van der Waals surface area (Å²) in [7, 11) is 1.80. The normalized spacial score (nSPS) is 26.4. The van der Waals surface area contributed by atoms with Crippen LogP contribution >= 0.6 is 0 Å². The Morgan fingerprint density at radius 1 is 1.34 bits per heavy atom. The summed E-state index contributed by atoms with van der Waals surface area (Å²) < 4.78 is 10.5. The van der Waals surface area contributed by atoms with Crippen molar-refractivity contribution in [2.45, 2.75) is 49.7 Å². The van der Waals surface area contributed by atoms with Gasteiger partial charge in [-0.3, -0.25) is 14.5 Å². The van der Waals surface area contributed by atoms with Crippen LogP contribution in [0.3, 0.4) is 0 Å². The van der Waals surface area contributed by atoms with E-state index in [1.54, 1.807) is 24.1 Å². The van der Waals surface area contributed by atoms with Crippen molar-refractivity contribution in [2.75, 3.05) is 26.7 Å². The molecule has 1 aromatic carbocycles. The molecule has 35 heavy (non-hydrogen) atoms. The number of nitrogens with zero attached hydrogens (tertiary/aromatic N) is 2. The second-order valence-electron chi connectivity index (χ2n) is 9.81. The lowest BCUT2D eigenvalue weighted by Gasteiger charge is -2.59. The van der Waals surface area contributed by atoms with Gasteiger partial charge in [0.2, 0.25) is 0 Å². The SMILES string of the molecule is C=CCN1CCC2(c3cccc(OC(C)=O)c3)CC(N(C)C(=O)C(=C)c3ccoc3)CCC2(O)C1. The lowest BCUT2D eigenvalue weighted by Crippen LogP contribution is -2.67. The molecule has 7 heteroatoms. The smallest absolute Gasteiger partial charge is 0.308 e. The number of ether oxygens (including phenoxy) is 1. The number of hydrogen-bond donors (Lipinski definition) is 1. The average molecular weight is 479 g/mol. The van der Waals surface area contributed by atoms with Gasteiger partial charge in [-0.15, -0.1) is 6.58 Å². The Bertz CT molecular complexity index is 1110. The highest BCUT2D eigenvalue weighted by atomic mass is 16.5. The van der Waals surface area contributed by atoms with Gasteiger partial charge < -0.3 is 19.2 Å². The molecule has 1 aliphatic carbocycles. The Balaban J connectivity index is 1.68. The van der Waals surface area contributed by atoms with Crippen molar-refractivity contribution in [3.8, 4) is 5.75 Å². The first kappa shape index (κ1) is 24.9. The molecule has 0 bridgehead atoms. The lowest BCUT2D eigenvalue weighted by atomic mass is 9.55. The van der Waals surface area contributed by atoms with Crippen LogP contribution in [-0.4, -0.2) is 65.1 Å². The van der Waals surface area contributed by atoms with Gasteiger partial charge in [-0.2, -0.15) is 0 Å². The Morgan fingerprint density at radius 2 is 2.14 bits per heavy atom. The summed E-state index contributed by atoms with van der Waals surface area (Å²) in [6.45, 7) is 11.2. The lowest BCUT2D eigenvalue weighted by molar-refractivity contribution is -0.143. The molecule has 1 aliphatic heterocycles. The zero-order chi connectivity index (χ0) is 25.2. The van der Waals surface area contributed by atoms with Crippen LogP contribution in [0, 0.1) is 0 Å². The van der Waals surface area contributed by atoms with E-state index in [0.717, 1.165) is 12.1 Å². The van der Waals surface area contributed by atoms with Crippen molar-refractivity contribution >= 4 is 17.4 Å². The van der Waals surface area contributed by atoms with E-state index in [1.165, 1.54) is 19.5 Å². The van der Waals surface area contributed by atoms with Gasteiger partial charge >= 0.3 is 5.97 Å². The van der Waals surface area contributed by atoms with Gasteiger partial charge in [0.15, 0.2) is 0 Å². The number of carbonyl (C=O) groups is 2. The number of likely N-dealkylation sites (tertiary alicyclic amines) is 1. The maximum Gasteiger partial charge on any atom is 0.308 e. The first-order valence-corrected chi connectivity index (χ1v) is 12.0. The molecule has 1 N–H and O–H groups in total. The van der Waals surface area contributed by atoms with Gasteiger partial charge in [-0.1, -0.05) is 24.8 Å². The van der Waals surface area contributed by atoms with Gasteiger partial charge in [0.25, 0.3) is 5.91 Å². The van der Waals surface area contributed by atoms with E-state index in [2.05, 4.69) is 18.1 Å². The number of piperidine rings is 1. The highest BCUT2D eigenvalue weighted by Crippen LogP contribution is 2.53. The molecule has 3 atom stereocenters. The molecule has 2 heterocycles. The van der Waals surface area contributed by atoms with Crippen LogP contribution in [0.2, 0.25) is 0 Å². The summed E-state index contributed by atoms with van der Waals surface area (Å²) >= 11 is 0. The number of rotatable bonds is 7. The number of aliphatic hydroxyl groups is 1. The van der Waals surface area contributed by atoms with E-state index in [1.807, 2.05) is 24.3 Å². The van der Waals surface area contributed by atoms with Crippen LogP contribution in [0.25, 0.3) is 5.57 Å². The van der Waals surface area contributed by atoms with Crippen LogP contribution in [0.5, 0.6) is 5.75 Å². The van der Waals surface area contributed by atoms with Gasteiger partial charge in [-0.05, 0) is 56.0 Å². The van der Waals surface area contributed by atoms with Gasteiger partial charge in [-0.25, -0.2) is 0 Å². The molecule has 0 radical (unpaired) electrons. The minimum Gasteiger partial charge on any atom is -0.472 e. The molecule has 1 saturated carbocycles. The topological polar surface area (TPSA) is 83.2 Å². The molecule has 3 unspecified atom stereocenters. The van der Waals surface area contributed by atoms with Crippen molar-refractivity contribution < 1.29 is 23.8 Å². The fourth-order valence-electron chi connectivity index (χ4n) is 5.86. The molecule has 186 valence electrons. The van der Waals surface area contributed by atoms with E-state index in [9.17, 15) is 14.7 Å². The summed E-state index contributed by atoms with van der Waals surface area (Å²) in [5, 5.41) is 12.1. The van der Waals surface area contributed by atoms with Gasteiger partial charge in [0, 0.05) is 49.7 Å². The molecule has 1 saturated heterocycles. The number of esters is 1. The number of hydrogen-bond acceptors (Lipinski definition) is 6. The molecule has 4 rings (SSSR count). The maximum absolute atomic E-state index is 13.3. The molecule has 1 aromatic heterocycles. The van der Waals surface area contributed by atoms with Crippen LogP contribution in [0.1, 0.15) is 43.7 Å². The van der Waals surface area contributed by atoms with Crippen molar-refractivity contribution in [2.24, 2.45) is 0 Å². The van der Waals surface area contributed by atoms with E-state index in [-0.39, 0.29) is 17.9 Å². The molecule has 2 aliphatic rings. The third kappa shape index (κ3) is 4.70. The van der Waals surface area contributed by atoms with E-state index in [4.69, 9.17) is 9.15 Å². The molecule has 2 aromatic rings. The van der Waals surface area contributed by atoms with Crippen molar-refractivity contribution in [1.82, 2.24) is 9.80 Å². The molecular weight excluding hydrogens is 444 g/mol. The van der Waals surface area contributed by atoms with Crippen molar-refractivity contribution in [3.05, 3.63) is 73.2 Å². The first-order chi connectivity index (χ1) is 16.7. The predicted octanol–water partition coefficient (Wildman–Crippen LogP) is 3.79. The maximum atomic E-state index is 13.3. The quantitative estimate of drug-likeness (QED) is 0.282. The fraction of sp³-hybridized carbons (Fsp3) is 0.429. The van der Waals surface area contributed by atoms with E-state index >= 15 is 0 Å². The van der Waals surface area contributed by atoms with Crippen LogP contribution in [-0.2, 0) is 15.0 Å². The largest absolute Gasteiger partial charge is 0.472 e. The summed E-state index contributed by atoms with van der Waals surface area (Å²) in [5.74, 6) is -0.0878. The molecule has 7 nitrogen and oxygen atoms in total. The van der Waals surface area contributed by atoms with Crippen LogP contribution in [0.4, 0.5) is 0 Å². The highest BCUT2D eigenvalue weighted by molar-refractivity contribution is 6.18. The minimum atomic E-state index is -0.995. The Kier molecular flexibility index (Phi) is 7.01. The third-order valence-corrected chi connectivity index (χ3v) is 7.74. The number of benzene rings is 1. The number of furan rings is 1. The summed E-state index contributed by atoms with van der Waals surface area (Å²) in [5.41, 5.74) is 0.376. The number of amides is 1. The second-order valence-corrected chi connectivity index (χ2v) is 9.81. The molecular formula is C28H34N2O5. The minimum absolute atomic E-state index is 0.0882. The van der Waals surface area contributed by atoms with Gasteiger partial charge in [0.05, 0.1) is 18.1 Å². The van der Waals surface area contributed by atoms with E-state index < -0.39 is 11.0 Å². The number of fused-ring (bicyclic) bond motifs is 1. The highest BCUT2D eigenvalue weighted by Gasteiger charge is 2.58. The van der Waals surface area contributed by atoms with Crippen LogP contribution in [0.15, 0.2) is 66.5 Å². The molecule has 1 amide bonds. The summed E-state index contributed by atoms with van der Waals surface area (Å²) in [4.78, 5) is 28.8. The zero-order valence-corrected chi connectivity index (χ0v) is 20.5. The van der Waals surface area contributed by atoms with Crippen molar-refractivity contribution in [3.63, 3.8) is 0 Å². The summed E-state index contributed by atoms with van der Waals surface area (Å²) in [6.07, 6.45) is 7.42. The fourth-order valence-corrected chi connectivity index (χ4v) is 5.86. The van der Waals surface area contributed by atoms with Gasteiger partial charge in [0.1, 0.15) is 5.75 Å². The van der Waals surface area contributed by atoms with Crippen LogP contribution < -0.4 is 4.74 Å². The predicted molar refractivity (Wildman–Crippen MR) is 134 cm³/mol. The third-order valence-electron chi connectivity index (χ3n) is 7.74. The zero-order valence-electron chi connectivity index (χ0n) is 20.5. The van der Waals surface area contributed by atoms with Crippen molar-refractivity contribution in [1.29, 1.82) is 0 Å². The monoisotopic (exact) mass is 478 g/mol. The average Bonchev–Trinajstić information content (AvgIpc) is 3.37. The van der Waals surface area contributed by atoms with E-state index in [0.29, 0.717) is 55.7 Å². The Morgan fingerprint density at radius 3 is 2.83 bits per heavy atom. The molecule has 0 spiro atoms. The summed E-state index contributed by atoms with van der Waals surface area (Å²) in [6, 6.07) is 9.11. The first-order valence-electron chi connectivity index (χ1n) is 12.0. The number of likely N-dealkylation sites (N-methyl/N-ethyl adjacent to an activating group) is 1. The number of carbonyl (C=O) groups excluding carboxylic acids is 2. The standard InChI is InChI=1S/C28H34N2O5/c1-5-13-30-14-12-27(23-7-6-8-25(16-23)35-21(3)31)17-24(9-11-28(27,33)19-30)29(4)26(32)20(2)22-10-15-34-18-22/h5-8,10,15-16,18,24,33H,1-2,9,11-14,17,19H2,3-4H3. The second kappa shape index (κ2) is 9.84. The number of β-amino-alcohol motifs (C(OH)–C–C–N with tert-alkyl or cyclic N) is 1.